The topological polar surface area (TPSA) is 75.7 Å². The van der Waals surface area contributed by atoms with Crippen molar-refractivity contribution in [2.24, 2.45) is 0 Å². The molecule has 0 aliphatic carbocycles. The van der Waals surface area contributed by atoms with E-state index >= 15 is 0 Å². The van der Waals surface area contributed by atoms with E-state index in [0.717, 1.165) is 0 Å². The molecule has 0 aromatic heterocycles. The minimum absolute atomic E-state index is 0.0250. The van der Waals surface area contributed by atoms with Crippen LogP contribution in [0.2, 0.25) is 0 Å². The molecule has 0 unspecified atom stereocenters. The Kier molecular flexibility index (Phi) is 3.27. The van der Waals surface area contributed by atoms with Crippen molar-refractivity contribution in [3.8, 4) is 5.75 Å². The predicted octanol–water partition coefficient (Wildman–Crippen LogP) is 0.340. The Labute approximate surface area is 106 Å². The molecule has 98 valence electrons. The molecule has 0 saturated carbocycles. The van der Waals surface area contributed by atoms with Crippen LogP contribution < -0.4 is 14.4 Å². The zero-order chi connectivity index (χ0) is 13.3. The standard InChI is InChI=1S/C11H14N2O4S/c1-3-12-18(15,16)8-4-5-10-9(6-8)13(2)11(14)7-17-10/h4-6,12H,3,7H2,1-2H3. The van der Waals surface area contributed by atoms with E-state index in [1.165, 1.54) is 17.0 Å². The van der Waals surface area contributed by atoms with Gasteiger partial charge < -0.3 is 9.64 Å². The molecule has 1 aliphatic rings. The molecule has 1 N–H and O–H groups in total. The van der Waals surface area contributed by atoms with Gasteiger partial charge in [0.05, 0.1) is 10.6 Å². The second kappa shape index (κ2) is 4.58. The quantitative estimate of drug-likeness (QED) is 0.859. The fourth-order valence-corrected chi connectivity index (χ4v) is 2.75. The SMILES string of the molecule is CCNS(=O)(=O)c1ccc2c(c1)N(C)C(=O)CO2. The van der Waals surface area contributed by atoms with Gasteiger partial charge in [0.2, 0.25) is 10.0 Å². The summed E-state index contributed by atoms with van der Waals surface area (Å²) in [6, 6.07) is 4.45. The molecule has 0 bridgehead atoms. The molecule has 1 aromatic carbocycles. The summed E-state index contributed by atoms with van der Waals surface area (Å²) in [4.78, 5) is 13.0. The van der Waals surface area contributed by atoms with Crippen molar-refractivity contribution in [3.63, 3.8) is 0 Å². The van der Waals surface area contributed by atoms with Crippen LogP contribution in [0.5, 0.6) is 5.75 Å². The van der Waals surface area contributed by atoms with Gasteiger partial charge in [0.1, 0.15) is 5.75 Å². The number of sulfonamides is 1. The highest BCUT2D eigenvalue weighted by Gasteiger charge is 2.24. The van der Waals surface area contributed by atoms with Crippen LogP contribution in [0, 0.1) is 0 Å². The Hall–Kier alpha value is -1.60. The smallest absolute Gasteiger partial charge is 0.264 e. The van der Waals surface area contributed by atoms with Gasteiger partial charge in [-0.15, -0.1) is 0 Å². The average Bonchev–Trinajstić information content (AvgIpc) is 2.33. The predicted molar refractivity (Wildman–Crippen MR) is 66.2 cm³/mol. The van der Waals surface area contributed by atoms with E-state index in [4.69, 9.17) is 4.74 Å². The van der Waals surface area contributed by atoms with E-state index in [2.05, 4.69) is 4.72 Å². The Morgan fingerprint density at radius 2 is 2.17 bits per heavy atom. The number of nitrogens with zero attached hydrogens (tertiary/aromatic N) is 1. The highest BCUT2D eigenvalue weighted by atomic mass is 32.2. The molecule has 1 aliphatic heterocycles. The Balaban J connectivity index is 2.47. The van der Waals surface area contributed by atoms with Gasteiger partial charge >= 0.3 is 0 Å². The lowest BCUT2D eigenvalue weighted by Crippen LogP contribution is -2.35. The van der Waals surface area contributed by atoms with E-state index in [-0.39, 0.29) is 17.4 Å². The van der Waals surface area contributed by atoms with Crippen LogP contribution in [0.25, 0.3) is 0 Å². The molecule has 0 fully saturated rings. The van der Waals surface area contributed by atoms with Crippen LogP contribution in [-0.2, 0) is 14.8 Å². The summed E-state index contributed by atoms with van der Waals surface area (Å²) >= 11 is 0. The summed E-state index contributed by atoms with van der Waals surface area (Å²) in [5.41, 5.74) is 0.463. The van der Waals surface area contributed by atoms with Gasteiger partial charge in [-0.3, -0.25) is 4.79 Å². The van der Waals surface area contributed by atoms with Crippen LogP contribution >= 0.6 is 0 Å². The van der Waals surface area contributed by atoms with Crippen molar-refractivity contribution >= 4 is 21.6 Å². The highest BCUT2D eigenvalue weighted by Crippen LogP contribution is 2.33. The van der Waals surface area contributed by atoms with Crippen molar-refractivity contribution < 1.29 is 17.9 Å². The fraction of sp³-hybridized carbons (Fsp3) is 0.364. The number of anilines is 1. The minimum atomic E-state index is -3.53. The molecule has 0 saturated heterocycles. The lowest BCUT2D eigenvalue weighted by molar-refractivity contribution is -0.120. The Morgan fingerprint density at radius 3 is 2.83 bits per heavy atom. The zero-order valence-electron chi connectivity index (χ0n) is 10.1. The molecule has 2 rings (SSSR count). The highest BCUT2D eigenvalue weighted by molar-refractivity contribution is 7.89. The van der Waals surface area contributed by atoms with Crippen LogP contribution in [0.15, 0.2) is 23.1 Å². The molecular weight excluding hydrogens is 256 g/mol. The van der Waals surface area contributed by atoms with Crippen molar-refractivity contribution in [2.75, 3.05) is 25.1 Å². The van der Waals surface area contributed by atoms with Crippen molar-refractivity contribution in [1.82, 2.24) is 4.72 Å². The number of hydrogen-bond donors (Lipinski definition) is 1. The number of benzene rings is 1. The Morgan fingerprint density at radius 1 is 1.44 bits per heavy atom. The lowest BCUT2D eigenvalue weighted by atomic mass is 10.2. The van der Waals surface area contributed by atoms with E-state index in [1.54, 1.807) is 20.0 Å². The van der Waals surface area contributed by atoms with Gasteiger partial charge in [-0.1, -0.05) is 6.92 Å². The summed E-state index contributed by atoms with van der Waals surface area (Å²) in [5, 5.41) is 0. The maximum atomic E-state index is 11.9. The van der Waals surface area contributed by atoms with Crippen LogP contribution in [-0.4, -0.2) is 34.5 Å². The van der Waals surface area contributed by atoms with Gasteiger partial charge in [0.25, 0.3) is 5.91 Å². The van der Waals surface area contributed by atoms with E-state index < -0.39 is 10.0 Å². The van der Waals surface area contributed by atoms with Crippen LogP contribution in [0.1, 0.15) is 6.92 Å². The number of amides is 1. The Bertz CT molecular complexity index is 583. The number of nitrogens with one attached hydrogen (secondary N) is 1. The maximum absolute atomic E-state index is 11.9. The number of carbonyl (C=O) groups excluding carboxylic acids is 1. The zero-order valence-corrected chi connectivity index (χ0v) is 11.0. The van der Waals surface area contributed by atoms with Crippen molar-refractivity contribution in [1.29, 1.82) is 0 Å². The van der Waals surface area contributed by atoms with E-state index in [1.807, 2.05) is 0 Å². The monoisotopic (exact) mass is 270 g/mol. The first-order valence-electron chi connectivity index (χ1n) is 5.49. The summed E-state index contributed by atoms with van der Waals surface area (Å²) in [6.45, 7) is 1.99. The molecule has 0 radical (unpaired) electrons. The van der Waals surface area contributed by atoms with E-state index in [0.29, 0.717) is 18.0 Å². The van der Waals surface area contributed by atoms with E-state index in [9.17, 15) is 13.2 Å². The first kappa shape index (κ1) is 12.8. The average molecular weight is 270 g/mol. The summed E-state index contributed by atoms with van der Waals surface area (Å²) in [5.74, 6) is 0.299. The second-order valence-corrected chi connectivity index (χ2v) is 5.64. The first-order chi connectivity index (χ1) is 8.45. The summed E-state index contributed by atoms with van der Waals surface area (Å²) in [6.07, 6.45) is 0. The van der Waals surface area contributed by atoms with Crippen molar-refractivity contribution in [2.45, 2.75) is 11.8 Å². The first-order valence-corrected chi connectivity index (χ1v) is 6.97. The molecule has 18 heavy (non-hydrogen) atoms. The molecule has 0 spiro atoms. The summed E-state index contributed by atoms with van der Waals surface area (Å²) in [7, 11) is -1.94. The molecule has 1 heterocycles. The second-order valence-electron chi connectivity index (χ2n) is 3.87. The molecular formula is C11H14N2O4S. The van der Waals surface area contributed by atoms with Crippen LogP contribution in [0.4, 0.5) is 5.69 Å². The molecule has 1 amide bonds. The van der Waals surface area contributed by atoms with Gasteiger partial charge in [-0.05, 0) is 18.2 Å². The minimum Gasteiger partial charge on any atom is -0.482 e. The third kappa shape index (κ3) is 2.19. The maximum Gasteiger partial charge on any atom is 0.264 e. The lowest BCUT2D eigenvalue weighted by Gasteiger charge is -2.26. The molecule has 7 heteroatoms. The van der Waals surface area contributed by atoms with Crippen LogP contribution in [0.3, 0.4) is 0 Å². The number of fused-ring (bicyclic) bond motifs is 1. The third-order valence-electron chi connectivity index (χ3n) is 2.66. The van der Waals surface area contributed by atoms with Gasteiger partial charge in [0.15, 0.2) is 6.61 Å². The number of ether oxygens (including phenoxy) is 1. The number of likely N-dealkylation sites (N-methyl/N-ethyl adjacent to an activating group) is 1. The third-order valence-corrected chi connectivity index (χ3v) is 4.20. The molecule has 1 aromatic rings. The van der Waals surface area contributed by atoms with Gasteiger partial charge in [-0.2, -0.15) is 0 Å². The number of rotatable bonds is 3. The van der Waals surface area contributed by atoms with Gasteiger partial charge in [-0.25, -0.2) is 13.1 Å². The number of carbonyl (C=O) groups is 1. The summed E-state index contributed by atoms with van der Waals surface area (Å²) < 4.78 is 31.3. The van der Waals surface area contributed by atoms with Crippen molar-refractivity contribution in [3.05, 3.63) is 18.2 Å². The normalized spacial score (nSPS) is 15.2. The number of hydrogen-bond acceptors (Lipinski definition) is 4. The van der Waals surface area contributed by atoms with Gasteiger partial charge in [0, 0.05) is 13.6 Å². The molecule has 0 atom stereocenters. The molecule has 6 nitrogen and oxygen atoms in total. The largest absolute Gasteiger partial charge is 0.482 e. The fourth-order valence-electron chi connectivity index (χ4n) is 1.69.